The summed E-state index contributed by atoms with van der Waals surface area (Å²) >= 11 is 1.75. The van der Waals surface area contributed by atoms with Crippen molar-refractivity contribution in [3.05, 3.63) is 35.1 Å². The van der Waals surface area contributed by atoms with Crippen LogP contribution in [0.2, 0.25) is 0 Å². The van der Waals surface area contributed by atoms with E-state index in [4.69, 9.17) is 0 Å². The van der Waals surface area contributed by atoms with Gasteiger partial charge in [0, 0.05) is 29.9 Å². The third-order valence-electron chi connectivity index (χ3n) is 3.64. The van der Waals surface area contributed by atoms with E-state index in [1.54, 1.807) is 11.3 Å². The summed E-state index contributed by atoms with van der Waals surface area (Å²) in [6, 6.07) is 6.20. The summed E-state index contributed by atoms with van der Waals surface area (Å²) in [7, 11) is 0. The van der Waals surface area contributed by atoms with Gasteiger partial charge in [0.2, 0.25) is 0 Å². The molecule has 0 bridgehead atoms. The first-order chi connectivity index (χ1) is 10.7. The number of fused-ring (bicyclic) bond motifs is 1. The number of nitrogens with zero attached hydrogens (tertiary/aromatic N) is 3. The second-order valence-corrected chi connectivity index (χ2v) is 6.28. The molecule has 0 amide bonds. The van der Waals surface area contributed by atoms with Crippen LogP contribution in [0.1, 0.15) is 24.5 Å². The number of anilines is 2. The van der Waals surface area contributed by atoms with E-state index in [1.807, 2.05) is 19.2 Å². The minimum absolute atomic E-state index is 0.789. The minimum atomic E-state index is 0.789. The Morgan fingerprint density at radius 3 is 2.86 bits per heavy atom. The Morgan fingerprint density at radius 1 is 1.27 bits per heavy atom. The van der Waals surface area contributed by atoms with Gasteiger partial charge in [-0.1, -0.05) is 0 Å². The van der Waals surface area contributed by atoms with Gasteiger partial charge in [-0.25, -0.2) is 9.97 Å². The monoisotopic (exact) mass is 315 g/mol. The van der Waals surface area contributed by atoms with Crippen molar-refractivity contribution in [2.24, 2.45) is 0 Å². The SMILES string of the molecule is CCN(CC)c1ncc(CNc2ccc3nc(C)[nH]c3c2)s1. The van der Waals surface area contributed by atoms with Crippen molar-refractivity contribution in [3.8, 4) is 0 Å². The fraction of sp³-hybridized carbons (Fsp3) is 0.375. The summed E-state index contributed by atoms with van der Waals surface area (Å²) in [5.74, 6) is 0.943. The van der Waals surface area contributed by atoms with Gasteiger partial charge < -0.3 is 15.2 Å². The van der Waals surface area contributed by atoms with Crippen LogP contribution in [-0.4, -0.2) is 28.0 Å². The lowest BCUT2D eigenvalue weighted by molar-refractivity contribution is 0.860. The van der Waals surface area contributed by atoms with Gasteiger partial charge in [-0.15, -0.1) is 11.3 Å². The molecule has 116 valence electrons. The molecule has 6 heteroatoms. The van der Waals surface area contributed by atoms with Crippen LogP contribution in [0.25, 0.3) is 11.0 Å². The molecule has 2 N–H and O–H groups in total. The Morgan fingerprint density at radius 2 is 2.09 bits per heavy atom. The molecule has 0 atom stereocenters. The molecule has 0 radical (unpaired) electrons. The number of H-pyrrole nitrogens is 1. The molecular weight excluding hydrogens is 294 g/mol. The lowest BCUT2D eigenvalue weighted by atomic mass is 10.3. The van der Waals surface area contributed by atoms with Crippen LogP contribution in [0, 0.1) is 6.92 Å². The van der Waals surface area contributed by atoms with Gasteiger partial charge in [-0.05, 0) is 39.0 Å². The van der Waals surface area contributed by atoms with Crippen molar-refractivity contribution in [3.63, 3.8) is 0 Å². The fourth-order valence-corrected chi connectivity index (χ4v) is 3.43. The molecule has 1 aromatic carbocycles. The number of aromatic nitrogens is 3. The molecule has 5 nitrogen and oxygen atoms in total. The summed E-state index contributed by atoms with van der Waals surface area (Å²) in [4.78, 5) is 15.7. The summed E-state index contributed by atoms with van der Waals surface area (Å²) in [5.41, 5.74) is 3.16. The Bertz CT molecular complexity index is 757. The number of benzene rings is 1. The molecular formula is C16H21N5S. The van der Waals surface area contributed by atoms with Gasteiger partial charge in [0.15, 0.2) is 5.13 Å². The topological polar surface area (TPSA) is 56.8 Å². The number of imidazole rings is 1. The Kier molecular flexibility index (Phi) is 4.29. The van der Waals surface area contributed by atoms with Gasteiger partial charge in [0.05, 0.1) is 17.6 Å². The van der Waals surface area contributed by atoms with Gasteiger partial charge in [-0.3, -0.25) is 0 Å². The smallest absolute Gasteiger partial charge is 0.185 e. The van der Waals surface area contributed by atoms with E-state index in [2.05, 4.69) is 51.1 Å². The molecule has 2 aromatic heterocycles. The number of thiazole rings is 1. The maximum absolute atomic E-state index is 4.51. The summed E-state index contributed by atoms with van der Waals surface area (Å²) in [5, 5.41) is 4.55. The largest absolute Gasteiger partial charge is 0.380 e. The van der Waals surface area contributed by atoms with Crippen molar-refractivity contribution >= 4 is 33.2 Å². The predicted octanol–water partition coefficient (Wildman–Crippen LogP) is 3.79. The predicted molar refractivity (Wildman–Crippen MR) is 93.8 cm³/mol. The quantitative estimate of drug-likeness (QED) is 0.727. The van der Waals surface area contributed by atoms with E-state index in [-0.39, 0.29) is 0 Å². The standard InChI is InChI=1S/C16H21N5S/c1-4-21(5-2)16-18-10-13(22-16)9-17-12-6-7-14-15(8-12)20-11(3)19-14/h6-8,10,17H,4-5,9H2,1-3H3,(H,19,20). The van der Waals surface area contributed by atoms with Crippen molar-refractivity contribution in [2.45, 2.75) is 27.3 Å². The van der Waals surface area contributed by atoms with Crippen LogP contribution in [0.5, 0.6) is 0 Å². The second-order valence-electron chi connectivity index (χ2n) is 5.19. The number of aromatic amines is 1. The van der Waals surface area contributed by atoms with Crippen LogP contribution in [0.4, 0.5) is 10.8 Å². The number of rotatable bonds is 6. The molecule has 0 aliphatic heterocycles. The zero-order valence-electron chi connectivity index (χ0n) is 13.2. The van der Waals surface area contributed by atoms with Gasteiger partial charge in [0.1, 0.15) is 5.82 Å². The summed E-state index contributed by atoms with van der Waals surface area (Å²) in [6.45, 7) is 9.06. The number of aryl methyl sites for hydroxylation is 1. The Hall–Kier alpha value is -2.08. The van der Waals surface area contributed by atoms with E-state index < -0.39 is 0 Å². The molecule has 0 saturated heterocycles. The van der Waals surface area contributed by atoms with E-state index in [0.717, 1.165) is 47.3 Å². The highest BCUT2D eigenvalue weighted by Crippen LogP contribution is 2.24. The van der Waals surface area contributed by atoms with E-state index in [0.29, 0.717) is 0 Å². The van der Waals surface area contributed by atoms with Crippen LogP contribution < -0.4 is 10.2 Å². The molecule has 3 aromatic rings. The highest BCUT2D eigenvalue weighted by molar-refractivity contribution is 7.15. The van der Waals surface area contributed by atoms with Crippen molar-refractivity contribution in [1.82, 2.24) is 15.0 Å². The fourth-order valence-electron chi connectivity index (χ4n) is 2.46. The van der Waals surface area contributed by atoms with Crippen LogP contribution >= 0.6 is 11.3 Å². The molecule has 0 aliphatic rings. The van der Waals surface area contributed by atoms with E-state index >= 15 is 0 Å². The van der Waals surface area contributed by atoms with Crippen LogP contribution in [-0.2, 0) is 6.54 Å². The molecule has 0 fully saturated rings. The molecule has 0 unspecified atom stereocenters. The van der Waals surface area contributed by atoms with Crippen LogP contribution in [0.15, 0.2) is 24.4 Å². The highest BCUT2D eigenvalue weighted by atomic mass is 32.1. The second kappa shape index (κ2) is 6.36. The van der Waals surface area contributed by atoms with Crippen molar-refractivity contribution in [2.75, 3.05) is 23.3 Å². The number of nitrogens with one attached hydrogen (secondary N) is 2. The maximum atomic E-state index is 4.51. The first-order valence-corrected chi connectivity index (χ1v) is 8.41. The lowest BCUT2D eigenvalue weighted by Crippen LogP contribution is -2.21. The average Bonchev–Trinajstić information content (AvgIpc) is 3.11. The van der Waals surface area contributed by atoms with Crippen molar-refractivity contribution in [1.29, 1.82) is 0 Å². The average molecular weight is 315 g/mol. The molecule has 0 aliphatic carbocycles. The molecule has 22 heavy (non-hydrogen) atoms. The van der Waals surface area contributed by atoms with Gasteiger partial charge in [-0.2, -0.15) is 0 Å². The molecule has 3 rings (SSSR count). The summed E-state index contributed by atoms with van der Waals surface area (Å²) < 4.78 is 0. The zero-order chi connectivity index (χ0) is 15.5. The maximum Gasteiger partial charge on any atom is 0.185 e. The van der Waals surface area contributed by atoms with Crippen LogP contribution in [0.3, 0.4) is 0 Å². The normalized spacial score (nSPS) is 11.0. The molecule has 2 heterocycles. The Balaban J connectivity index is 1.68. The Labute approximate surface area is 134 Å². The zero-order valence-corrected chi connectivity index (χ0v) is 14.0. The van der Waals surface area contributed by atoms with Crippen molar-refractivity contribution < 1.29 is 0 Å². The van der Waals surface area contributed by atoms with E-state index in [9.17, 15) is 0 Å². The van der Waals surface area contributed by atoms with Gasteiger partial charge in [0.25, 0.3) is 0 Å². The number of hydrogen-bond acceptors (Lipinski definition) is 5. The first-order valence-electron chi connectivity index (χ1n) is 7.59. The minimum Gasteiger partial charge on any atom is -0.380 e. The summed E-state index contributed by atoms with van der Waals surface area (Å²) in [6.07, 6.45) is 1.96. The molecule has 0 saturated carbocycles. The first kappa shape index (κ1) is 14.8. The highest BCUT2D eigenvalue weighted by Gasteiger charge is 2.08. The third-order valence-corrected chi connectivity index (χ3v) is 4.70. The lowest BCUT2D eigenvalue weighted by Gasteiger charge is -2.16. The molecule has 0 spiro atoms. The van der Waals surface area contributed by atoms with E-state index in [1.165, 1.54) is 4.88 Å². The number of hydrogen-bond donors (Lipinski definition) is 2. The third kappa shape index (κ3) is 3.06. The van der Waals surface area contributed by atoms with Gasteiger partial charge >= 0.3 is 0 Å².